The molecule has 5 nitrogen and oxygen atoms in total. The van der Waals surface area contributed by atoms with E-state index in [0.717, 1.165) is 17.0 Å². The van der Waals surface area contributed by atoms with E-state index in [1.54, 1.807) is 6.07 Å². The van der Waals surface area contributed by atoms with E-state index in [-0.39, 0.29) is 5.91 Å². The normalized spacial score (nSPS) is 15.2. The van der Waals surface area contributed by atoms with E-state index in [2.05, 4.69) is 20.7 Å². The Hall–Kier alpha value is -2.43. The van der Waals surface area contributed by atoms with Crippen molar-refractivity contribution in [1.29, 1.82) is 0 Å². The van der Waals surface area contributed by atoms with Gasteiger partial charge in [-0.3, -0.25) is 9.89 Å². The van der Waals surface area contributed by atoms with Gasteiger partial charge in [0.05, 0.1) is 5.71 Å². The van der Waals surface area contributed by atoms with E-state index in [9.17, 15) is 4.79 Å². The molecule has 1 aromatic carbocycles. The molecule has 0 spiro atoms. The maximum Gasteiger partial charge on any atom is 0.291 e. The minimum Gasteiger partial charge on any atom is -0.281 e. The zero-order valence-electron chi connectivity index (χ0n) is 11.3. The van der Waals surface area contributed by atoms with E-state index in [4.69, 9.17) is 0 Å². The van der Waals surface area contributed by atoms with Gasteiger partial charge in [-0.1, -0.05) is 30.3 Å². The van der Waals surface area contributed by atoms with Crippen molar-refractivity contribution in [2.24, 2.45) is 5.10 Å². The Bertz CT molecular complexity index is 641. The van der Waals surface area contributed by atoms with Crippen molar-refractivity contribution in [2.45, 2.75) is 25.7 Å². The summed E-state index contributed by atoms with van der Waals surface area (Å²) in [5.74, 6) is 0.266. The average molecular weight is 268 g/mol. The second-order valence-electron chi connectivity index (χ2n) is 4.99. The van der Waals surface area contributed by atoms with Crippen LogP contribution in [0.1, 0.15) is 47.4 Å². The molecule has 0 aliphatic heterocycles. The van der Waals surface area contributed by atoms with Crippen molar-refractivity contribution in [3.8, 4) is 0 Å². The summed E-state index contributed by atoms with van der Waals surface area (Å²) >= 11 is 0. The Morgan fingerprint density at radius 2 is 2.10 bits per heavy atom. The molecule has 1 aliphatic carbocycles. The molecule has 1 saturated carbocycles. The lowest BCUT2D eigenvalue weighted by Gasteiger charge is -2.00. The Kier molecular flexibility index (Phi) is 3.33. The van der Waals surface area contributed by atoms with Crippen molar-refractivity contribution in [3.63, 3.8) is 0 Å². The van der Waals surface area contributed by atoms with Crippen LogP contribution in [0.4, 0.5) is 0 Å². The molecule has 2 N–H and O–H groups in total. The molecule has 1 aromatic heterocycles. The van der Waals surface area contributed by atoms with Crippen LogP contribution >= 0.6 is 0 Å². The maximum absolute atomic E-state index is 11.9. The summed E-state index contributed by atoms with van der Waals surface area (Å²) in [5, 5.41) is 11.0. The summed E-state index contributed by atoms with van der Waals surface area (Å²) in [7, 11) is 0. The number of rotatable bonds is 4. The molecular weight excluding hydrogens is 252 g/mol. The summed E-state index contributed by atoms with van der Waals surface area (Å²) in [6.45, 7) is 1.86. The van der Waals surface area contributed by atoms with Gasteiger partial charge in [0.2, 0.25) is 0 Å². The number of carbonyl (C=O) groups excluding carboxylic acids is 1. The molecule has 0 saturated heterocycles. The molecule has 20 heavy (non-hydrogen) atoms. The monoisotopic (exact) mass is 268 g/mol. The van der Waals surface area contributed by atoms with Gasteiger partial charge in [0.1, 0.15) is 0 Å². The number of benzene rings is 1. The Morgan fingerprint density at radius 1 is 1.35 bits per heavy atom. The van der Waals surface area contributed by atoms with Gasteiger partial charge in [0.15, 0.2) is 5.69 Å². The molecule has 1 aliphatic rings. The highest BCUT2D eigenvalue weighted by Crippen LogP contribution is 2.38. The zero-order chi connectivity index (χ0) is 13.9. The quantitative estimate of drug-likeness (QED) is 0.660. The first-order valence-electron chi connectivity index (χ1n) is 6.69. The molecule has 1 fully saturated rings. The topological polar surface area (TPSA) is 70.1 Å². The number of nitrogens with one attached hydrogen (secondary N) is 2. The van der Waals surface area contributed by atoms with Gasteiger partial charge >= 0.3 is 0 Å². The number of hydrogen-bond donors (Lipinski definition) is 2. The molecule has 2 aromatic rings. The molecule has 0 unspecified atom stereocenters. The van der Waals surface area contributed by atoms with Crippen LogP contribution in [0.15, 0.2) is 41.5 Å². The molecule has 3 rings (SSSR count). The fourth-order valence-corrected chi connectivity index (χ4v) is 1.99. The highest BCUT2D eigenvalue weighted by atomic mass is 16.2. The molecule has 102 valence electrons. The number of hydrogen-bond acceptors (Lipinski definition) is 3. The molecule has 0 atom stereocenters. The minimum atomic E-state index is -0.288. The maximum atomic E-state index is 11.9. The van der Waals surface area contributed by atoms with Crippen molar-refractivity contribution in [2.75, 3.05) is 0 Å². The van der Waals surface area contributed by atoms with Crippen molar-refractivity contribution in [3.05, 3.63) is 53.3 Å². The third kappa shape index (κ3) is 2.77. The lowest BCUT2D eigenvalue weighted by molar-refractivity contribution is 0.0950. The fourth-order valence-electron chi connectivity index (χ4n) is 1.99. The summed E-state index contributed by atoms with van der Waals surface area (Å²) < 4.78 is 0. The van der Waals surface area contributed by atoms with Crippen LogP contribution in [0.2, 0.25) is 0 Å². The first-order chi connectivity index (χ1) is 9.74. The number of H-pyrrole nitrogens is 1. The fraction of sp³-hybridized carbons (Fsp3) is 0.267. The van der Waals surface area contributed by atoms with Crippen LogP contribution in [0.25, 0.3) is 0 Å². The van der Waals surface area contributed by atoms with Crippen LogP contribution in [0.5, 0.6) is 0 Å². The Labute approximate surface area is 117 Å². The summed E-state index contributed by atoms with van der Waals surface area (Å²) in [6.07, 6.45) is 2.35. The van der Waals surface area contributed by atoms with Crippen LogP contribution in [0.3, 0.4) is 0 Å². The van der Waals surface area contributed by atoms with Gasteiger partial charge in [-0.05, 0) is 31.4 Å². The summed E-state index contributed by atoms with van der Waals surface area (Å²) in [4.78, 5) is 11.9. The van der Waals surface area contributed by atoms with Gasteiger partial charge < -0.3 is 0 Å². The summed E-state index contributed by atoms with van der Waals surface area (Å²) in [6, 6.07) is 11.5. The number of carbonyl (C=O) groups is 1. The van der Waals surface area contributed by atoms with Gasteiger partial charge in [0.25, 0.3) is 5.91 Å². The molecule has 1 amide bonds. The van der Waals surface area contributed by atoms with Crippen molar-refractivity contribution < 1.29 is 4.79 Å². The van der Waals surface area contributed by atoms with Crippen molar-refractivity contribution in [1.82, 2.24) is 15.6 Å². The van der Waals surface area contributed by atoms with E-state index in [1.165, 1.54) is 12.8 Å². The smallest absolute Gasteiger partial charge is 0.281 e. The third-order valence-electron chi connectivity index (χ3n) is 3.36. The molecule has 5 heteroatoms. The lowest BCUT2D eigenvalue weighted by atomic mass is 10.1. The van der Waals surface area contributed by atoms with Crippen LogP contribution in [0, 0.1) is 0 Å². The van der Waals surface area contributed by atoms with Crippen LogP contribution in [-0.2, 0) is 0 Å². The summed E-state index contributed by atoms with van der Waals surface area (Å²) in [5.41, 5.74) is 5.70. The second-order valence-corrected chi connectivity index (χ2v) is 4.99. The predicted molar refractivity (Wildman–Crippen MR) is 76.7 cm³/mol. The highest BCUT2D eigenvalue weighted by Gasteiger charge is 2.26. The molecular formula is C15H16N4O. The van der Waals surface area contributed by atoms with E-state index in [0.29, 0.717) is 11.6 Å². The van der Waals surface area contributed by atoms with Crippen LogP contribution < -0.4 is 5.43 Å². The Morgan fingerprint density at radius 3 is 2.80 bits per heavy atom. The number of amides is 1. The second kappa shape index (κ2) is 5.28. The first-order valence-corrected chi connectivity index (χ1v) is 6.69. The van der Waals surface area contributed by atoms with Gasteiger partial charge in [-0.2, -0.15) is 10.2 Å². The SMILES string of the molecule is C/C(=N\NC(=O)c1cc(C2CC2)[nH]n1)c1ccccc1. The molecule has 0 radical (unpaired) electrons. The van der Waals surface area contributed by atoms with Gasteiger partial charge in [-0.25, -0.2) is 5.43 Å². The van der Waals surface area contributed by atoms with Crippen molar-refractivity contribution >= 4 is 11.6 Å². The van der Waals surface area contributed by atoms with Gasteiger partial charge in [0, 0.05) is 11.6 Å². The third-order valence-corrected chi connectivity index (χ3v) is 3.36. The number of nitrogens with zero attached hydrogens (tertiary/aromatic N) is 2. The van der Waals surface area contributed by atoms with Crippen LogP contribution in [-0.4, -0.2) is 21.8 Å². The van der Waals surface area contributed by atoms with Gasteiger partial charge in [-0.15, -0.1) is 0 Å². The molecule has 1 heterocycles. The number of aromatic nitrogens is 2. The van der Waals surface area contributed by atoms with E-state index < -0.39 is 0 Å². The highest BCUT2D eigenvalue weighted by molar-refractivity contribution is 6.00. The number of hydrazone groups is 1. The zero-order valence-corrected chi connectivity index (χ0v) is 11.3. The largest absolute Gasteiger partial charge is 0.291 e. The lowest BCUT2D eigenvalue weighted by Crippen LogP contribution is -2.19. The van der Waals surface area contributed by atoms with E-state index in [1.807, 2.05) is 37.3 Å². The van der Waals surface area contributed by atoms with E-state index >= 15 is 0 Å². The standard InChI is InChI=1S/C15H16N4O/c1-10(11-5-3-2-4-6-11)16-19-15(20)14-9-13(17-18-14)12-7-8-12/h2-6,9,12H,7-8H2,1H3,(H,17,18)(H,19,20)/b16-10+. The molecule has 0 bridgehead atoms. The average Bonchev–Trinajstić information content (AvgIpc) is 3.22. The number of aromatic amines is 1. The predicted octanol–water partition coefficient (Wildman–Crippen LogP) is 2.44. The Balaban J connectivity index is 1.66. The first kappa shape index (κ1) is 12.6. The minimum absolute atomic E-state index is 0.288.